The van der Waals surface area contributed by atoms with Gasteiger partial charge >= 0.3 is 0 Å². The van der Waals surface area contributed by atoms with Gasteiger partial charge in [0.15, 0.2) is 0 Å². The van der Waals surface area contributed by atoms with Crippen LogP contribution in [-0.4, -0.2) is 28.1 Å². The van der Waals surface area contributed by atoms with Crippen molar-refractivity contribution < 1.29 is 9.52 Å². The first kappa shape index (κ1) is 17.5. The van der Waals surface area contributed by atoms with Crippen LogP contribution in [0.3, 0.4) is 0 Å². The predicted molar refractivity (Wildman–Crippen MR) is 112 cm³/mol. The zero-order chi connectivity index (χ0) is 18.9. The van der Waals surface area contributed by atoms with E-state index in [2.05, 4.69) is 40.3 Å². The van der Waals surface area contributed by atoms with Crippen LogP contribution in [0.15, 0.2) is 53.1 Å². The molecule has 0 atom stereocenters. The second-order valence-electron chi connectivity index (χ2n) is 7.79. The summed E-state index contributed by atoms with van der Waals surface area (Å²) in [5.41, 5.74) is 5.88. The second-order valence-corrected chi connectivity index (χ2v) is 7.79. The van der Waals surface area contributed by atoms with Crippen molar-refractivity contribution in [2.75, 3.05) is 13.1 Å². The van der Waals surface area contributed by atoms with Gasteiger partial charge in [0.2, 0.25) is 0 Å². The third kappa shape index (κ3) is 3.13. The van der Waals surface area contributed by atoms with E-state index in [1.54, 1.807) is 0 Å². The smallest absolute Gasteiger partial charge is 0.134 e. The Bertz CT molecular complexity index is 1110. The molecule has 2 N–H and O–H groups in total. The zero-order valence-electron chi connectivity index (χ0n) is 16.1. The van der Waals surface area contributed by atoms with Crippen molar-refractivity contribution in [1.29, 1.82) is 0 Å². The topological polar surface area (TPSA) is 52.4 Å². The van der Waals surface area contributed by atoms with Gasteiger partial charge in [-0.25, -0.2) is 0 Å². The lowest BCUT2D eigenvalue weighted by atomic mass is 10.0. The fourth-order valence-corrected chi connectivity index (χ4v) is 4.61. The number of nitrogens with one attached hydrogen (secondary N) is 1. The van der Waals surface area contributed by atoms with Gasteiger partial charge in [-0.2, -0.15) is 0 Å². The fourth-order valence-electron chi connectivity index (χ4n) is 4.61. The zero-order valence-corrected chi connectivity index (χ0v) is 16.1. The fraction of sp³-hybridized carbons (Fsp3) is 0.333. The average Bonchev–Trinajstić information content (AvgIpc) is 3.32. The van der Waals surface area contributed by atoms with Gasteiger partial charge in [0.25, 0.3) is 0 Å². The van der Waals surface area contributed by atoms with E-state index in [-0.39, 0.29) is 6.61 Å². The number of aromatic amines is 1. The number of aromatic nitrogens is 1. The highest BCUT2D eigenvalue weighted by molar-refractivity contribution is 5.86. The standard InChI is InChI=1S/C24H26N2O2/c27-16-18-7-5-9-21-24(18)17(14-25-21)6-3-4-12-26-13-11-20-19-8-1-2-10-22(19)28-23(20)15-26/h1-2,5,7-10,14,25,27H,3-4,6,11-13,15-16H2. The van der Waals surface area contributed by atoms with Gasteiger partial charge < -0.3 is 14.5 Å². The molecular weight excluding hydrogens is 348 g/mol. The summed E-state index contributed by atoms with van der Waals surface area (Å²) in [5.74, 6) is 1.15. The molecule has 0 bridgehead atoms. The number of aliphatic hydroxyl groups is 1. The highest BCUT2D eigenvalue weighted by Gasteiger charge is 2.22. The number of rotatable bonds is 6. The normalized spacial score (nSPS) is 14.8. The van der Waals surface area contributed by atoms with Crippen molar-refractivity contribution in [3.8, 4) is 0 Å². The van der Waals surface area contributed by atoms with E-state index in [4.69, 9.17) is 4.42 Å². The number of hydrogen-bond acceptors (Lipinski definition) is 3. The third-order valence-corrected chi connectivity index (χ3v) is 6.04. The van der Waals surface area contributed by atoms with E-state index in [0.717, 1.165) is 61.3 Å². The van der Waals surface area contributed by atoms with Gasteiger partial charge in [0.1, 0.15) is 11.3 Å². The van der Waals surface area contributed by atoms with Crippen LogP contribution in [0, 0.1) is 0 Å². The van der Waals surface area contributed by atoms with Crippen LogP contribution >= 0.6 is 0 Å². The minimum Gasteiger partial charge on any atom is -0.459 e. The van der Waals surface area contributed by atoms with E-state index < -0.39 is 0 Å². The molecule has 5 rings (SSSR count). The molecule has 2 aromatic heterocycles. The number of unbranched alkanes of at least 4 members (excludes halogenated alkanes) is 1. The lowest BCUT2D eigenvalue weighted by Gasteiger charge is -2.25. The molecule has 3 heterocycles. The number of aliphatic hydroxyl groups excluding tert-OH is 1. The number of H-pyrrole nitrogens is 1. The van der Waals surface area contributed by atoms with Gasteiger partial charge in [-0.3, -0.25) is 4.90 Å². The molecule has 144 valence electrons. The van der Waals surface area contributed by atoms with E-state index in [1.807, 2.05) is 18.2 Å². The Morgan fingerprint density at radius 3 is 2.89 bits per heavy atom. The Hall–Kier alpha value is -2.56. The van der Waals surface area contributed by atoms with Crippen LogP contribution in [0.4, 0.5) is 0 Å². The minimum absolute atomic E-state index is 0.0931. The molecule has 4 aromatic rings. The summed E-state index contributed by atoms with van der Waals surface area (Å²) in [6.07, 6.45) is 6.54. The molecule has 0 unspecified atom stereocenters. The molecule has 0 saturated carbocycles. The Morgan fingerprint density at radius 2 is 1.96 bits per heavy atom. The van der Waals surface area contributed by atoms with Gasteiger partial charge in [-0.05, 0) is 55.5 Å². The molecule has 28 heavy (non-hydrogen) atoms. The molecule has 0 fully saturated rings. The van der Waals surface area contributed by atoms with E-state index in [1.165, 1.54) is 28.3 Å². The maximum absolute atomic E-state index is 9.62. The predicted octanol–water partition coefficient (Wildman–Crippen LogP) is 4.79. The third-order valence-electron chi connectivity index (χ3n) is 6.04. The van der Waals surface area contributed by atoms with Crippen LogP contribution in [0.25, 0.3) is 21.9 Å². The van der Waals surface area contributed by atoms with Gasteiger partial charge in [-0.1, -0.05) is 30.3 Å². The number of hydrogen-bond donors (Lipinski definition) is 2. The molecule has 1 aliphatic rings. The quantitative estimate of drug-likeness (QED) is 0.477. The maximum atomic E-state index is 9.62. The number of benzene rings is 2. The number of para-hydroxylation sites is 1. The highest BCUT2D eigenvalue weighted by atomic mass is 16.3. The molecule has 4 heteroatoms. The summed E-state index contributed by atoms with van der Waals surface area (Å²) < 4.78 is 6.09. The SMILES string of the molecule is OCc1cccc2[nH]cc(CCCCN3CCc4c(oc5ccccc45)C3)c12. The van der Waals surface area contributed by atoms with E-state index >= 15 is 0 Å². The molecular formula is C24H26N2O2. The first-order valence-corrected chi connectivity index (χ1v) is 10.2. The number of nitrogens with zero attached hydrogens (tertiary/aromatic N) is 1. The summed E-state index contributed by atoms with van der Waals surface area (Å²) in [5, 5.41) is 12.1. The maximum Gasteiger partial charge on any atom is 0.134 e. The lowest BCUT2D eigenvalue weighted by molar-refractivity contribution is 0.227. The van der Waals surface area contributed by atoms with Gasteiger partial charge in [0.05, 0.1) is 13.2 Å². The van der Waals surface area contributed by atoms with Crippen LogP contribution < -0.4 is 0 Å². The van der Waals surface area contributed by atoms with Crippen molar-refractivity contribution in [3.05, 3.63) is 71.1 Å². The van der Waals surface area contributed by atoms with Crippen LogP contribution in [0.5, 0.6) is 0 Å². The molecule has 1 aliphatic heterocycles. The molecule has 0 saturated heterocycles. The first-order chi connectivity index (χ1) is 13.8. The Kier molecular flexibility index (Phi) is 4.67. The summed E-state index contributed by atoms with van der Waals surface area (Å²) in [4.78, 5) is 5.86. The number of furan rings is 1. The average molecular weight is 374 g/mol. The van der Waals surface area contributed by atoms with Gasteiger partial charge in [-0.15, -0.1) is 0 Å². The Labute approximate surface area is 164 Å². The van der Waals surface area contributed by atoms with Gasteiger partial charge in [0, 0.05) is 34.6 Å². The number of aryl methyl sites for hydroxylation is 1. The van der Waals surface area contributed by atoms with Crippen LogP contribution in [-0.2, 0) is 26.0 Å². The van der Waals surface area contributed by atoms with Crippen LogP contribution in [0.1, 0.15) is 35.3 Å². The van der Waals surface area contributed by atoms with Crippen molar-refractivity contribution in [3.63, 3.8) is 0 Å². The van der Waals surface area contributed by atoms with Crippen LogP contribution in [0.2, 0.25) is 0 Å². The lowest BCUT2D eigenvalue weighted by Crippen LogP contribution is -2.30. The second kappa shape index (κ2) is 7.46. The summed E-state index contributed by atoms with van der Waals surface area (Å²) >= 11 is 0. The first-order valence-electron chi connectivity index (χ1n) is 10.2. The Balaban J connectivity index is 1.19. The summed E-state index contributed by atoms with van der Waals surface area (Å²) in [6, 6.07) is 14.5. The van der Waals surface area contributed by atoms with Crippen molar-refractivity contribution >= 4 is 21.9 Å². The van der Waals surface area contributed by atoms with E-state index in [9.17, 15) is 5.11 Å². The molecule has 0 radical (unpaired) electrons. The molecule has 2 aromatic carbocycles. The molecule has 0 amide bonds. The van der Waals surface area contributed by atoms with Crippen molar-refractivity contribution in [2.24, 2.45) is 0 Å². The summed E-state index contributed by atoms with van der Waals surface area (Å²) in [7, 11) is 0. The van der Waals surface area contributed by atoms with Crippen molar-refractivity contribution in [1.82, 2.24) is 9.88 Å². The minimum atomic E-state index is 0.0931. The molecule has 0 aliphatic carbocycles. The van der Waals surface area contributed by atoms with Crippen molar-refractivity contribution in [2.45, 2.75) is 38.8 Å². The molecule has 4 nitrogen and oxygen atoms in total. The monoisotopic (exact) mass is 374 g/mol. The Morgan fingerprint density at radius 1 is 1.04 bits per heavy atom. The largest absolute Gasteiger partial charge is 0.459 e. The van der Waals surface area contributed by atoms with E-state index in [0.29, 0.717) is 0 Å². The number of fused-ring (bicyclic) bond motifs is 4. The summed E-state index contributed by atoms with van der Waals surface area (Å²) in [6.45, 7) is 3.23. The molecule has 0 spiro atoms. The highest BCUT2D eigenvalue weighted by Crippen LogP contribution is 2.30.